The number of benzene rings is 1. The van der Waals surface area contributed by atoms with Gasteiger partial charge in [-0.15, -0.1) is 0 Å². The molecule has 3 fully saturated rings. The SMILES string of the molecule is O=C1CC2(CCCCC2)CC(=O)N1CCCCN1CCN(c2cccc(Cl)c2Cl)CC1. The number of piperazine rings is 1. The second-order valence-electron chi connectivity index (χ2n) is 9.46. The number of halogens is 2. The van der Waals surface area contributed by atoms with Gasteiger partial charge in [0.15, 0.2) is 0 Å². The third-order valence-corrected chi connectivity index (χ3v) is 8.13. The molecule has 0 bridgehead atoms. The number of nitrogens with zero attached hydrogens (tertiary/aromatic N) is 3. The first-order valence-corrected chi connectivity index (χ1v) is 12.5. The molecule has 2 amide bonds. The summed E-state index contributed by atoms with van der Waals surface area (Å²) in [4.78, 5) is 31.6. The number of amides is 2. The van der Waals surface area contributed by atoms with Crippen LogP contribution >= 0.6 is 23.2 Å². The van der Waals surface area contributed by atoms with Crippen molar-refractivity contribution in [1.29, 1.82) is 0 Å². The number of unbranched alkanes of at least 4 members (excludes halogenated alkanes) is 1. The Morgan fingerprint density at radius 3 is 2.16 bits per heavy atom. The molecule has 7 heteroatoms. The molecule has 1 spiro atoms. The van der Waals surface area contributed by atoms with E-state index in [1.807, 2.05) is 18.2 Å². The number of carbonyl (C=O) groups excluding carboxylic acids is 2. The zero-order chi connectivity index (χ0) is 21.8. The van der Waals surface area contributed by atoms with Gasteiger partial charge in [0.1, 0.15) is 0 Å². The predicted molar refractivity (Wildman–Crippen MR) is 126 cm³/mol. The lowest BCUT2D eigenvalue weighted by molar-refractivity contribution is -0.154. The summed E-state index contributed by atoms with van der Waals surface area (Å²) < 4.78 is 0. The lowest BCUT2D eigenvalue weighted by atomic mass is 9.67. The van der Waals surface area contributed by atoms with Crippen molar-refractivity contribution in [3.05, 3.63) is 28.2 Å². The molecule has 1 aliphatic carbocycles. The van der Waals surface area contributed by atoms with E-state index >= 15 is 0 Å². The average molecular weight is 466 g/mol. The smallest absolute Gasteiger partial charge is 0.229 e. The third kappa shape index (κ3) is 5.37. The molecular weight excluding hydrogens is 433 g/mol. The predicted octanol–water partition coefficient (Wildman–Crippen LogP) is 5.00. The second-order valence-corrected chi connectivity index (χ2v) is 10.2. The normalized spacial score (nSPS) is 22.4. The number of imide groups is 1. The van der Waals surface area contributed by atoms with Crippen LogP contribution in [0.15, 0.2) is 18.2 Å². The molecule has 3 aliphatic rings. The molecule has 0 unspecified atom stereocenters. The summed E-state index contributed by atoms with van der Waals surface area (Å²) in [6, 6.07) is 5.78. The van der Waals surface area contributed by atoms with E-state index in [2.05, 4.69) is 9.80 Å². The molecule has 0 aromatic heterocycles. The number of hydrogen-bond acceptors (Lipinski definition) is 4. The Morgan fingerprint density at radius 1 is 0.839 bits per heavy atom. The van der Waals surface area contributed by atoms with E-state index in [-0.39, 0.29) is 17.2 Å². The van der Waals surface area contributed by atoms with Crippen molar-refractivity contribution < 1.29 is 9.59 Å². The maximum absolute atomic E-state index is 12.7. The number of likely N-dealkylation sites (tertiary alicyclic amines) is 1. The van der Waals surface area contributed by atoms with Gasteiger partial charge in [-0.3, -0.25) is 19.4 Å². The fourth-order valence-electron chi connectivity index (χ4n) is 5.49. The molecule has 0 N–H and O–H groups in total. The van der Waals surface area contributed by atoms with E-state index in [9.17, 15) is 9.59 Å². The van der Waals surface area contributed by atoms with Gasteiger partial charge in [0.2, 0.25) is 11.8 Å². The summed E-state index contributed by atoms with van der Waals surface area (Å²) in [5.41, 5.74) is 0.987. The Balaban J connectivity index is 1.18. The van der Waals surface area contributed by atoms with Crippen LogP contribution in [0.2, 0.25) is 10.0 Å². The summed E-state index contributed by atoms with van der Waals surface area (Å²) in [5.74, 6) is 0.121. The van der Waals surface area contributed by atoms with Crippen molar-refractivity contribution in [3.8, 4) is 0 Å². The number of anilines is 1. The van der Waals surface area contributed by atoms with Crippen molar-refractivity contribution in [2.45, 2.75) is 57.8 Å². The van der Waals surface area contributed by atoms with Gasteiger partial charge in [0.25, 0.3) is 0 Å². The molecule has 1 saturated carbocycles. The minimum absolute atomic E-state index is 0.0194. The zero-order valence-electron chi connectivity index (χ0n) is 18.3. The van der Waals surface area contributed by atoms with Crippen molar-refractivity contribution >= 4 is 40.7 Å². The first-order chi connectivity index (χ1) is 15.0. The molecule has 31 heavy (non-hydrogen) atoms. The van der Waals surface area contributed by atoms with Crippen molar-refractivity contribution in [2.24, 2.45) is 5.41 Å². The summed E-state index contributed by atoms with van der Waals surface area (Å²) >= 11 is 12.5. The van der Waals surface area contributed by atoms with Crippen LogP contribution in [0.4, 0.5) is 5.69 Å². The van der Waals surface area contributed by atoms with E-state index in [0.717, 1.165) is 76.9 Å². The highest BCUT2D eigenvalue weighted by Gasteiger charge is 2.43. The lowest BCUT2D eigenvalue weighted by Gasteiger charge is -2.42. The van der Waals surface area contributed by atoms with Gasteiger partial charge >= 0.3 is 0 Å². The van der Waals surface area contributed by atoms with Crippen molar-refractivity contribution in [3.63, 3.8) is 0 Å². The largest absolute Gasteiger partial charge is 0.368 e. The molecule has 5 nitrogen and oxygen atoms in total. The standard InChI is InChI=1S/C24H33Cl2N3O2/c25-19-7-6-8-20(23(19)26)28-15-13-27(14-16-28)11-4-5-12-29-21(30)17-24(18-22(29)31)9-2-1-3-10-24/h6-8H,1-5,9-18H2. The Labute approximate surface area is 195 Å². The quantitative estimate of drug-likeness (QED) is 0.438. The Hall–Kier alpha value is -1.30. The molecule has 2 heterocycles. The van der Waals surface area contributed by atoms with E-state index in [1.54, 1.807) is 4.90 Å². The second kappa shape index (κ2) is 10.1. The number of carbonyl (C=O) groups is 2. The maximum Gasteiger partial charge on any atom is 0.229 e. The molecule has 170 valence electrons. The van der Waals surface area contributed by atoms with E-state index in [0.29, 0.717) is 29.4 Å². The van der Waals surface area contributed by atoms with Gasteiger partial charge in [-0.1, -0.05) is 48.5 Å². The lowest BCUT2D eigenvalue weighted by Crippen LogP contribution is -2.49. The molecule has 2 saturated heterocycles. The average Bonchev–Trinajstić information content (AvgIpc) is 2.76. The van der Waals surface area contributed by atoms with Crippen molar-refractivity contribution in [2.75, 3.05) is 44.2 Å². The minimum atomic E-state index is -0.0194. The maximum atomic E-state index is 12.7. The van der Waals surface area contributed by atoms with Gasteiger partial charge in [-0.25, -0.2) is 0 Å². The monoisotopic (exact) mass is 465 g/mol. The first-order valence-electron chi connectivity index (χ1n) is 11.7. The molecule has 0 radical (unpaired) electrons. The van der Waals surface area contributed by atoms with Crippen LogP contribution in [0.1, 0.15) is 57.8 Å². The Morgan fingerprint density at radius 2 is 1.48 bits per heavy atom. The number of rotatable bonds is 6. The van der Waals surface area contributed by atoms with E-state index in [4.69, 9.17) is 23.2 Å². The van der Waals surface area contributed by atoms with Gasteiger partial charge in [-0.05, 0) is 49.8 Å². The molecule has 1 aromatic carbocycles. The Bertz CT molecular complexity index is 782. The summed E-state index contributed by atoms with van der Waals surface area (Å²) in [6.45, 7) is 5.37. The van der Waals surface area contributed by atoms with E-state index < -0.39 is 0 Å². The van der Waals surface area contributed by atoms with Crippen LogP contribution in [0.25, 0.3) is 0 Å². The highest BCUT2D eigenvalue weighted by Crippen LogP contribution is 2.45. The number of hydrogen-bond donors (Lipinski definition) is 0. The zero-order valence-corrected chi connectivity index (χ0v) is 19.8. The number of piperidine rings is 1. The topological polar surface area (TPSA) is 43.9 Å². The summed E-state index contributed by atoms with van der Waals surface area (Å²) in [5, 5.41) is 1.22. The van der Waals surface area contributed by atoms with Gasteiger partial charge in [0.05, 0.1) is 15.7 Å². The molecule has 2 aliphatic heterocycles. The van der Waals surface area contributed by atoms with Crippen LogP contribution in [0.5, 0.6) is 0 Å². The van der Waals surface area contributed by atoms with Gasteiger partial charge in [0, 0.05) is 45.6 Å². The van der Waals surface area contributed by atoms with Crippen LogP contribution in [-0.2, 0) is 9.59 Å². The van der Waals surface area contributed by atoms with Crippen LogP contribution < -0.4 is 4.90 Å². The fraction of sp³-hybridized carbons (Fsp3) is 0.667. The summed E-state index contributed by atoms with van der Waals surface area (Å²) in [7, 11) is 0. The highest BCUT2D eigenvalue weighted by atomic mass is 35.5. The molecule has 4 rings (SSSR count). The van der Waals surface area contributed by atoms with Gasteiger partial charge in [-0.2, -0.15) is 0 Å². The third-order valence-electron chi connectivity index (χ3n) is 7.32. The summed E-state index contributed by atoms with van der Waals surface area (Å²) in [6.07, 6.45) is 8.70. The van der Waals surface area contributed by atoms with Crippen LogP contribution in [0, 0.1) is 5.41 Å². The molecule has 1 aromatic rings. The van der Waals surface area contributed by atoms with E-state index in [1.165, 1.54) is 6.42 Å². The first kappa shape index (κ1) is 22.9. The molecular formula is C24H33Cl2N3O2. The highest BCUT2D eigenvalue weighted by molar-refractivity contribution is 6.43. The van der Waals surface area contributed by atoms with Crippen molar-refractivity contribution in [1.82, 2.24) is 9.80 Å². The minimum Gasteiger partial charge on any atom is -0.368 e. The van der Waals surface area contributed by atoms with Crippen LogP contribution in [-0.4, -0.2) is 60.9 Å². The fourth-order valence-corrected chi connectivity index (χ4v) is 5.91. The Kier molecular flexibility index (Phi) is 7.45. The van der Waals surface area contributed by atoms with Gasteiger partial charge < -0.3 is 4.90 Å². The molecule has 0 atom stereocenters. The van der Waals surface area contributed by atoms with Crippen LogP contribution in [0.3, 0.4) is 0 Å².